The Morgan fingerprint density at radius 1 is 1.28 bits per heavy atom. The third-order valence-corrected chi connectivity index (χ3v) is 4.07. The van der Waals surface area contributed by atoms with Gasteiger partial charge < -0.3 is 4.74 Å². The fraction of sp³-hybridized carbons (Fsp3) is 0.385. The summed E-state index contributed by atoms with van der Waals surface area (Å²) in [5.41, 5.74) is 1.03. The minimum Gasteiger partial charge on any atom is -0.384 e. The molecule has 0 fully saturated rings. The van der Waals surface area contributed by atoms with E-state index in [-0.39, 0.29) is 5.25 Å². The van der Waals surface area contributed by atoms with Crippen molar-refractivity contribution < 1.29 is 17.9 Å². The molecule has 1 aliphatic heterocycles. The molecule has 98 valence electrons. The first-order chi connectivity index (χ1) is 8.52. The Balaban J connectivity index is 2.33. The van der Waals surface area contributed by atoms with Gasteiger partial charge in [0, 0.05) is 12.4 Å². The van der Waals surface area contributed by atoms with E-state index in [1.165, 1.54) is 7.11 Å². The third kappa shape index (κ3) is 2.90. The maximum atomic E-state index is 13.0. The first-order valence-corrected chi connectivity index (χ1v) is 6.41. The van der Waals surface area contributed by atoms with Crippen molar-refractivity contribution >= 4 is 17.3 Å². The van der Waals surface area contributed by atoms with Gasteiger partial charge in [-0.2, -0.15) is 13.2 Å². The minimum absolute atomic E-state index is 0.151. The topological polar surface area (TPSA) is 9.23 Å². The number of hydrogen-bond acceptors (Lipinski definition) is 2. The molecule has 0 aromatic heterocycles. The van der Waals surface area contributed by atoms with Gasteiger partial charge in [-0.05, 0) is 17.6 Å². The fourth-order valence-corrected chi connectivity index (χ4v) is 3.27. The number of alkyl halides is 3. The van der Waals surface area contributed by atoms with Crippen molar-refractivity contribution in [3.63, 3.8) is 0 Å². The standard InChI is InChI=1S/C13H13F3OS/c1-17-8-10-7-11(9-5-3-2-4-6-9)12(18-10)13(14,15)16/h2-6,10H,7-8H2,1H3. The van der Waals surface area contributed by atoms with Gasteiger partial charge in [0.1, 0.15) is 0 Å². The number of halogens is 3. The Morgan fingerprint density at radius 3 is 2.50 bits per heavy atom. The average Bonchev–Trinajstić information content (AvgIpc) is 2.75. The Labute approximate surface area is 108 Å². The largest absolute Gasteiger partial charge is 0.422 e. The molecule has 1 unspecified atom stereocenters. The molecule has 1 aromatic carbocycles. The van der Waals surface area contributed by atoms with Crippen LogP contribution < -0.4 is 0 Å². The van der Waals surface area contributed by atoms with Crippen molar-refractivity contribution in [2.75, 3.05) is 13.7 Å². The Hall–Kier alpha value is -0.940. The summed E-state index contributed by atoms with van der Waals surface area (Å²) in [6, 6.07) is 8.75. The normalized spacial score (nSPS) is 20.6. The van der Waals surface area contributed by atoms with Gasteiger partial charge in [-0.1, -0.05) is 30.3 Å². The summed E-state index contributed by atoms with van der Waals surface area (Å²) in [6.45, 7) is 0.334. The molecule has 1 nitrogen and oxygen atoms in total. The number of ether oxygens (including phenoxy) is 1. The lowest BCUT2D eigenvalue weighted by atomic mass is 10.0. The second-order valence-corrected chi connectivity index (χ2v) is 5.38. The van der Waals surface area contributed by atoms with Crippen LogP contribution >= 0.6 is 11.8 Å². The van der Waals surface area contributed by atoms with Crippen LogP contribution in [-0.4, -0.2) is 25.1 Å². The van der Waals surface area contributed by atoms with Crippen molar-refractivity contribution in [1.82, 2.24) is 0 Å². The Bertz CT molecular complexity index is 439. The zero-order chi connectivity index (χ0) is 13.2. The van der Waals surface area contributed by atoms with Gasteiger partial charge in [0.25, 0.3) is 0 Å². The van der Waals surface area contributed by atoms with Gasteiger partial charge in [0.2, 0.25) is 0 Å². The van der Waals surface area contributed by atoms with Gasteiger partial charge >= 0.3 is 6.18 Å². The maximum Gasteiger partial charge on any atom is 0.422 e. The molecule has 1 aliphatic rings. The molecule has 1 heterocycles. The summed E-state index contributed by atoms with van der Waals surface area (Å²) in [4.78, 5) is -0.476. The van der Waals surface area contributed by atoms with Crippen LogP contribution in [0.2, 0.25) is 0 Å². The molecule has 0 radical (unpaired) electrons. The van der Waals surface area contributed by atoms with E-state index in [4.69, 9.17) is 4.74 Å². The lowest BCUT2D eigenvalue weighted by Crippen LogP contribution is -2.10. The molecule has 0 amide bonds. The van der Waals surface area contributed by atoms with E-state index in [1.807, 2.05) is 0 Å². The van der Waals surface area contributed by atoms with E-state index in [2.05, 4.69) is 0 Å². The van der Waals surface area contributed by atoms with E-state index < -0.39 is 11.1 Å². The number of methoxy groups -OCH3 is 1. The van der Waals surface area contributed by atoms with Crippen LogP contribution in [0.4, 0.5) is 13.2 Å². The molecule has 2 rings (SSSR count). The van der Waals surface area contributed by atoms with Crippen molar-refractivity contribution in [3.05, 3.63) is 40.8 Å². The molecule has 0 saturated carbocycles. The fourth-order valence-electron chi connectivity index (χ4n) is 2.00. The van der Waals surface area contributed by atoms with Crippen LogP contribution in [0.15, 0.2) is 35.2 Å². The lowest BCUT2D eigenvalue weighted by Gasteiger charge is -2.10. The van der Waals surface area contributed by atoms with Gasteiger partial charge in [-0.3, -0.25) is 0 Å². The van der Waals surface area contributed by atoms with E-state index in [1.54, 1.807) is 30.3 Å². The quantitative estimate of drug-likeness (QED) is 0.820. The predicted octanol–water partition coefficient (Wildman–Crippen LogP) is 4.11. The van der Waals surface area contributed by atoms with Gasteiger partial charge in [0.05, 0.1) is 11.5 Å². The highest BCUT2D eigenvalue weighted by molar-refractivity contribution is 8.04. The summed E-state index contributed by atoms with van der Waals surface area (Å²) in [5, 5.41) is -0.151. The Morgan fingerprint density at radius 2 is 1.94 bits per heavy atom. The molecule has 0 spiro atoms. The highest BCUT2D eigenvalue weighted by Crippen LogP contribution is 2.50. The molecule has 0 N–H and O–H groups in total. The van der Waals surface area contributed by atoms with Gasteiger partial charge in [0.15, 0.2) is 0 Å². The van der Waals surface area contributed by atoms with Crippen LogP contribution in [0, 0.1) is 0 Å². The van der Waals surface area contributed by atoms with E-state index in [9.17, 15) is 13.2 Å². The summed E-state index contributed by atoms with van der Waals surface area (Å²) in [7, 11) is 1.51. The second kappa shape index (κ2) is 5.36. The molecule has 1 aromatic rings. The van der Waals surface area contributed by atoms with Crippen molar-refractivity contribution in [1.29, 1.82) is 0 Å². The number of thioether (sulfide) groups is 1. The summed E-state index contributed by atoms with van der Waals surface area (Å²) < 4.78 is 43.9. The number of benzene rings is 1. The highest BCUT2D eigenvalue weighted by atomic mass is 32.2. The van der Waals surface area contributed by atoms with Crippen LogP contribution in [0.25, 0.3) is 5.57 Å². The molecule has 18 heavy (non-hydrogen) atoms. The Kier molecular flexibility index (Phi) is 4.02. The first kappa shape index (κ1) is 13.5. The molecular weight excluding hydrogens is 261 g/mol. The maximum absolute atomic E-state index is 13.0. The third-order valence-electron chi connectivity index (χ3n) is 2.72. The van der Waals surface area contributed by atoms with Crippen LogP contribution in [0.5, 0.6) is 0 Å². The summed E-state index contributed by atoms with van der Waals surface area (Å²) in [5.74, 6) is 0. The first-order valence-electron chi connectivity index (χ1n) is 5.53. The average molecular weight is 274 g/mol. The molecule has 1 atom stereocenters. The predicted molar refractivity (Wildman–Crippen MR) is 67.3 cm³/mol. The van der Waals surface area contributed by atoms with Gasteiger partial charge in [-0.25, -0.2) is 0 Å². The van der Waals surface area contributed by atoms with Crippen LogP contribution in [0.1, 0.15) is 12.0 Å². The van der Waals surface area contributed by atoms with Crippen LogP contribution in [0.3, 0.4) is 0 Å². The highest BCUT2D eigenvalue weighted by Gasteiger charge is 2.42. The zero-order valence-electron chi connectivity index (χ0n) is 9.83. The van der Waals surface area contributed by atoms with Crippen molar-refractivity contribution in [3.8, 4) is 0 Å². The number of allylic oxidation sites excluding steroid dienone is 2. The second-order valence-electron chi connectivity index (χ2n) is 4.07. The van der Waals surface area contributed by atoms with Crippen molar-refractivity contribution in [2.45, 2.75) is 17.8 Å². The molecular formula is C13H13F3OS. The minimum atomic E-state index is -4.28. The zero-order valence-corrected chi connectivity index (χ0v) is 10.6. The number of hydrogen-bond donors (Lipinski definition) is 0. The SMILES string of the molecule is COCC1CC(c2ccccc2)=C(C(F)(F)F)S1. The lowest BCUT2D eigenvalue weighted by molar-refractivity contribution is -0.0829. The summed E-state index contributed by atoms with van der Waals surface area (Å²) in [6.07, 6.45) is -3.88. The van der Waals surface area contributed by atoms with Crippen molar-refractivity contribution in [2.24, 2.45) is 0 Å². The smallest absolute Gasteiger partial charge is 0.384 e. The van der Waals surface area contributed by atoms with E-state index in [0.29, 0.717) is 24.2 Å². The summed E-state index contributed by atoms with van der Waals surface area (Å²) >= 11 is 0.875. The van der Waals surface area contributed by atoms with E-state index >= 15 is 0 Å². The van der Waals surface area contributed by atoms with Crippen LogP contribution in [-0.2, 0) is 4.74 Å². The molecule has 0 saturated heterocycles. The van der Waals surface area contributed by atoms with E-state index in [0.717, 1.165) is 11.8 Å². The molecule has 5 heteroatoms. The number of rotatable bonds is 3. The van der Waals surface area contributed by atoms with Gasteiger partial charge in [-0.15, -0.1) is 11.8 Å². The molecule has 0 aliphatic carbocycles. The molecule has 0 bridgehead atoms. The monoisotopic (exact) mass is 274 g/mol.